The Bertz CT molecular complexity index is 657. The standard InChI is InChI=1S/C26H46N2O3/c1-16(4-7-24(30)31)19-5-6-20-18-15-23(29)22-14-17(28-13-12-27)8-10-26(22,3)21(18)9-11-25(19,20)2/h16-23,28-29H,4-15,27H2,1-3H3,(H,30,31)/t16-,17+,18?,19-,20?,21?,22-,23-,25-,26-/m1/s1. The average Bonchev–Trinajstić information content (AvgIpc) is 3.08. The molecule has 3 unspecified atom stereocenters. The van der Waals surface area contributed by atoms with Crippen LogP contribution in [0.1, 0.15) is 85.0 Å². The molecule has 0 aromatic carbocycles. The molecule has 0 spiro atoms. The molecule has 31 heavy (non-hydrogen) atoms. The van der Waals surface area contributed by atoms with Crippen LogP contribution in [0.15, 0.2) is 0 Å². The molecule has 4 rings (SSSR count). The van der Waals surface area contributed by atoms with Crippen LogP contribution in [0, 0.1) is 46.3 Å². The normalized spacial score (nSPS) is 47.8. The second kappa shape index (κ2) is 8.95. The number of fused-ring (bicyclic) bond motifs is 5. The Balaban J connectivity index is 1.49. The van der Waals surface area contributed by atoms with E-state index in [-0.39, 0.29) is 11.5 Å². The first kappa shape index (κ1) is 23.5. The van der Waals surface area contributed by atoms with Crippen molar-refractivity contribution in [2.75, 3.05) is 13.1 Å². The number of hydrogen-bond donors (Lipinski definition) is 4. The first-order chi connectivity index (χ1) is 14.7. The van der Waals surface area contributed by atoms with Crippen LogP contribution in [0.25, 0.3) is 0 Å². The fourth-order valence-electron chi connectivity index (χ4n) is 9.30. The number of rotatable bonds is 7. The Morgan fingerprint density at radius 1 is 1.06 bits per heavy atom. The van der Waals surface area contributed by atoms with E-state index in [9.17, 15) is 9.90 Å². The van der Waals surface area contributed by atoms with Gasteiger partial charge in [-0.25, -0.2) is 0 Å². The molecular weight excluding hydrogens is 388 g/mol. The van der Waals surface area contributed by atoms with Crippen LogP contribution in [0.3, 0.4) is 0 Å². The molecule has 4 aliphatic rings. The average molecular weight is 435 g/mol. The first-order valence-electron chi connectivity index (χ1n) is 13.0. The molecule has 0 bridgehead atoms. The van der Waals surface area contributed by atoms with E-state index in [4.69, 9.17) is 10.8 Å². The SMILES string of the molecule is C[C@H](CCC(=O)O)[C@H]1CCC2C3C[C@@H](O)[C@H]4C[C@@H](NCCN)CC[C@]4(C)C3CC[C@@]21C. The number of carboxylic acid groups (broad SMARTS) is 1. The summed E-state index contributed by atoms with van der Waals surface area (Å²) in [6.45, 7) is 8.85. The van der Waals surface area contributed by atoms with Crippen LogP contribution >= 0.6 is 0 Å². The number of nitrogens with one attached hydrogen (secondary N) is 1. The first-order valence-corrected chi connectivity index (χ1v) is 13.0. The zero-order valence-corrected chi connectivity index (χ0v) is 20.0. The minimum Gasteiger partial charge on any atom is -0.481 e. The lowest BCUT2D eigenvalue weighted by Crippen LogP contribution is -2.59. The van der Waals surface area contributed by atoms with Gasteiger partial charge in [0.05, 0.1) is 6.10 Å². The van der Waals surface area contributed by atoms with Gasteiger partial charge in [0, 0.05) is 25.6 Å². The lowest BCUT2D eigenvalue weighted by atomic mass is 9.43. The monoisotopic (exact) mass is 434 g/mol. The van der Waals surface area contributed by atoms with Crippen molar-refractivity contribution < 1.29 is 15.0 Å². The molecule has 0 heterocycles. The topological polar surface area (TPSA) is 95.6 Å². The van der Waals surface area contributed by atoms with Gasteiger partial charge in [0.1, 0.15) is 0 Å². The van der Waals surface area contributed by atoms with Crippen LogP contribution in [-0.4, -0.2) is 41.4 Å². The molecule has 0 aromatic rings. The zero-order valence-electron chi connectivity index (χ0n) is 20.0. The Kier molecular flexibility index (Phi) is 6.78. The van der Waals surface area contributed by atoms with E-state index in [1.165, 1.54) is 38.5 Å². The molecule has 178 valence electrons. The van der Waals surface area contributed by atoms with Crippen molar-refractivity contribution in [2.24, 2.45) is 52.1 Å². The third kappa shape index (κ3) is 4.08. The highest BCUT2D eigenvalue weighted by molar-refractivity contribution is 5.66. The molecule has 5 N–H and O–H groups in total. The molecule has 5 nitrogen and oxygen atoms in total. The summed E-state index contributed by atoms with van der Waals surface area (Å²) in [5.41, 5.74) is 6.29. The molecule has 0 aliphatic heterocycles. The van der Waals surface area contributed by atoms with Gasteiger partial charge in [0.25, 0.3) is 0 Å². The van der Waals surface area contributed by atoms with Crippen molar-refractivity contribution in [2.45, 2.75) is 97.1 Å². The molecule has 0 radical (unpaired) electrons. The van der Waals surface area contributed by atoms with Gasteiger partial charge >= 0.3 is 5.97 Å². The molecule has 0 saturated heterocycles. The maximum atomic E-state index is 11.4. The molecule has 4 aliphatic carbocycles. The smallest absolute Gasteiger partial charge is 0.303 e. The van der Waals surface area contributed by atoms with Gasteiger partial charge in [-0.1, -0.05) is 20.8 Å². The predicted octanol–water partition coefficient (Wildman–Crippen LogP) is 4.03. The largest absolute Gasteiger partial charge is 0.481 e. The predicted molar refractivity (Wildman–Crippen MR) is 123 cm³/mol. The van der Waals surface area contributed by atoms with Crippen LogP contribution in [0.2, 0.25) is 0 Å². The van der Waals surface area contributed by atoms with Gasteiger partial charge in [-0.3, -0.25) is 4.79 Å². The summed E-state index contributed by atoms with van der Waals surface area (Å²) in [6, 6.07) is 0.507. The summed E-state index contributed by atoms with van der Waals surface area (Å²) in [5.74, 6) is 2.93. The Morgan fingerprint density at radius 2 is 1.77 bits per heavy atom. The van der Waals surface area contributed by atoms with E-state index >= 15 is 0 Å². The Labute approximate surface area is 188 Å². The lowest BCUT2D eigenvalue weighted by Gasteiger charge is -2.62. The van der Waals surface area contributed by atoms with Gasteiger partial charge in [-0.2, -0.15) is 0 Å². The quantitative estimate of drug-likeness (QED) is 0.485. The van der Waals surface area contributed by atoms with E-state index < -0.39 is 5.97 Å². The number of hydrogen-bond acceptors (Lipinski definition) is 4. The Hall–Kier alpha value is -0.650. The maximum Gasteiger partial charge on any atom is 0.303 e. The summed E-state index contributed by atoms with van der Waals surface area (Å²) >= 11 is 0. The third-order valence-electron chi connectivity index (χ3n) is 10.8. The summed E-state index contributed by atoms with van der Waals surface area (Å²) in [7, 11) is 0. The summed E-state index contributed by atoms with van der Waals surface area (Å²) in [6.07, 6.45) is 10.5. The van der Waals surface area contributed by atoms with E-state index in [0.29, 0.717) is 54.0 Å². The van der Waals surface area contributed by atoms with Crippen molar-refractivity contribution in [1.82, 2.24) is 5.32 Å². The minimum absolute atomic E-state index is 0.181. The zero-order chi connectivity index (χ0) is 22.4. The molecule has 0 aromatic heterocycles. The molecule has 0 amide bonds. The highest BCUT2D eigenvalue weighted by Gasteiger charge is 2.62. The molecular formula is C26H46N2O3. The summed E-state index contributed by atoms with van der Waals surface area (Å²) < 4.78 is 0. The molecule has 4 fully saturated rings. The number of aliphatic hydroxyl groups is 1. The van der Waals surface area contributed by atoms with Crippen molar-refractivity contribution in [1.29, 1.82) is 0 Å². The second-order valence-electron chi connectivity index (χ2n) is 12.1. The van der Waals surface area contributed by atoms with Gasteiger partial charge < -0.3 is 21.3 Å². The van der Waals surface area contributed by atoms with Gasteiger partial charge in [0.15, 0.2) is 0 Å². The maximum absolute atomic E-state index is 11.4. The highest BCUT2D eigenvalue weighted by atomic mass is 16.4. The number of carboxylic acids is 1. The number of aliphatic hydroxyl groups excluding tert-OH is 1. The van der Waals surface area contributed by atoms with Gasteiger partial charge in [-0.15, -0.1) is 0 Å². The number of nitrogens with two attached hydrogens (primary N) is 1. The van der Waals surface area contributed by atoms with Gasteiger partial charge in [-0.05, 0) is 104 Å². The Morgan fingerprint density at radius 3 is 2.48 bits per heavy atom. The summed E-state index contributed by atoms with van der Waals surface area (Å²) in [4.78, 5) is 11.1. The summed E-state index contributed by atoms with van der Waals surface area (Å²) in [5, 5.41) is 24.1. The highest BCUT2D eigenvalue weighted by Crippen LogP contribution is 2.68. The second-order valence-corrected chi connectivity index (χ2v) is 12.1. The van der Waals surface area contributed by atoms with E-state index in [1.54, 1.807) is 0 Å². The van der Waals surface area contributed by atoms with Gasteiger partial charge in [0.2, 0.25) is 0 Å². The fourth-order valence-corrected chi connectivity index (χ4v) is 9.30. The van der Waals surface area contributed by atoms with Crippen LogP contribution < -0.4 is 11.1 Å². The fraction of sp³-hybridized carbons (Fsp3) is 0.962. The van der Waals surface area contributed by atoms with Crippen LogP contribution in [-0.2, 0) is 4.79 Å². The van der Waals surface area contributed by atoms with E-state index in [0.717, 1.165) is 31.7 Å². The molecule has 5 heteroatoms. The van der Waals surface area contributed by atoms with Crippen molar-refractivity contribution >= 4 is 5.97 Å². The lowest BCUT2D eigenvalue weighted by molar-refractivity contribution is -0.162. The van der Waals surface area contributed by atoms with Crippen LogP contribution in [0.4, 0.5) is 0 Å². The third-order valence-corrected chi connectivity index (χ3v) is 10.8. The molecule has 4 saturated carbocycles. The number of aliphatic carboxylic acids is 1. The van der Waals surface area contributed by atoms with Crippen molar-refractivity contribution in [3.63, 3.8) is 0 Å². The van der Waals surface area contributed by atoms with Crippen molar-refractivity contribution in [3.8, 4) is 0 Å². The minimum atomic E-state index is -0.666. The number of carbonyl (C=O) groups is 1. The molecule has 10 atom stereocenters. The van der Waals surface area contributed by atoms with Crippen molar-refractivity contribution in [3.05, 3.63) is 0 Å². The van der Waals surface area contributed by atoms with Crippen LogP contribution in [0.5, 0.6) is 0 Å². The van der Waals surface area contributed by atoms with E-state index in [2.05, 4.69) is 26.1 Å². The van der Waals surface area contributed by atoms with E-state index in [1.807, 2.05) is 0 Å².